The van der Waals surface area contributed by atoms with Gasteiger partial charge in [-0.1, -0.05) is 133 Å². The number of rotatable bonds is 6. The van der Waals surface area contributed by atoms with Crippen LogP contribution in [-0.2, 0) is 0 Å². The second-order valence-corrected chi connectivity index (χ2v) is 11.7. The third kappa shape index (κ3) is 5.11. The van der Waals surface area contributed by atoms with Gasteiger partial charge in [0.2, 0.25) is 0 Å². The van der Waals surface area contributed by atoms with E-state index in [1.54, 1.807) is 0 Å². The maximum Gasteiger partial charge on any atom is 0.0763 e. The van der Waals surface area contributed by atoms with Crippen molar-refractivity contribution >= 4 is 48.9 Å². The van der Waals surface area contributed by atoms with Gasteiger partial charge >= 0.3 is 0 Å². The van der Waals surface area contributed by atoms with Crippen molar-refractivity contribution in [2.24, 2.45) is 0 Å². The Bertz CT molecular complexity index is 910. The lowest BCUT2D eigenvalue weighted by atomic mass is 10.4. The Labute approximate surface area is 176 Å². The van der Waals surface area contributed by atoms with E-state index in [0.717, 1.165) is 6.42 Å². The average Bonchev–Trinajstić information content (AvgIpc) is 2.81. The zero-order valence-corrected chi connectivity index (χ0v) is 18.4. The SMILES string of the molecule is C(CC=[Si](c1ccccc1)c1ccccc1)=[Si](c1ccccc1)c1ccccc1. The molecule has 0 aromatic heterocycles. The van der Waals surface area contributed by atoms with E-state index in [4.69, 9.17) is 0 Å². The van der Waals surface area contributed by atoms with Crippen LogP contribution in [0.15, 0.2) is 121 Å². The Morgan fingerprint density at radius 2 is 0.621 bits per heavy atom. The van der Waals surface area contributed by atoms with Crippen molar-refractivity contribution in [2.75, 3.05) is 0 Å². The molecule has 0 saturated heterocycles. The van der Waals surface area contributed by atoms with Crippen molar-refractivity contribution in [2.45, 2.75) is 6.42 Å². The van der Waals surface area contributed by atoms with Crippen LogP contribution < -0.4 is 20.7 Å². The maximum absolute atomic E-state index is 2.56. The number of hydrogen-bond acceptors (Lipinski definition) is 0. The molecule has 0 saturated carbocycles. The minimum atomic E-state index is -0.898. The van der Waals surface area contributed by atoms with Crippen LogP contribution in [0, 0.1) is 0 Å². The van der Waals surface area contributed by atoms with Gasteiger partial charge in [-0.25, -0.2) is 0 Å². The molecule has 140 valence electrons. The van der Waals surface area contributed by atoms with E-state index in [1.165, 1.54) is 20.7 Å². The highest BCUT2D eigenvalue weighted by atomic mass is 28.2. The van der Waals surface area contributed by atoms with Crippen LogP contribution in [0.5, 0.6) is 0 Å². The number of benzene rings is 4. The number of hydrogen-bond donors (Lipinski definition) is 0. The standard InChI is InChI=1S/C27H24Si2/c1-5-14-24(15-6-1)28(25-16-7-2-8-17-25)22-13-23-29(26-18-9-3-10-19-26)27-20-11-4-12-21-27/h1-12,14-23H,13H2. The summed E-state index contributed by atoms with van der Waals surface area (Å²) in [7, 11) is -1.80. The highest BCUT2D eigenvalue weighted by molar-refractivity contribution is 6.92. The molecule has 0 unspecified atom stereocenters. The highest BCUT2D eigenvalue weighted by Gasteiger charge is 2.07. The first-order valence-corrected chi connectivity index (χ1v) is 13.2. The van der Waals surface area contributed by atoms with Gasteiger partial charge in [0, 0.05) is 0 Å². The molecule has 0 fully saturated rings. The summed E-state index contributed by atoms with van der Waals surface area (Å²) in [5.41, 5.74) is 5.12. The van der Waals surface area contributed by atoms with Crippen LogP contribution >= 0.6 is 0 Å². The molecule has 2 heteroatoms. The van der Waals surface area contributed by atoms with Crippen molar-refractivity contribution in [1.29, 1.82) is 0 Å². The van der Waals surface area contributed by atoms with Gasteiger partial charge in [-0.15, -0.1) is 0 Å². The minimum absolute atomic E-state index is 0.898. The first kappa shape index (κ1) is 19.4. The van der Waals surface area contributed by atoms with Crippen LogP contribution in [0.2, 0.25) is 0 Å². The van der Waals surface area contributed by atoms with Crippen molar-refractivity contribution in [1.82, 2.24) is 0 Å². The molecule has 29 heavy (non-hydrogen) atoms. The Morgan fingerprint density at radius 3 is 0.862 bits per heavy atom. The first-order chi connectivity index (χ1) is 14.4. The molecule has 0 spiro atoms. The fraction of sp³-hybridized carbons (Fsp3) is 0.0370. The summed E-state index contributed by atoms with van der Waals surface area (Å²) in [6, 6.07) is 43.9. The zero-order chi connectivity index (χ0) is 19.7. The fourth-order valence-electron chi connectivity index (χ4n) is 3.57. The van der Waals surface area contributed by atoms with E-state index >= 15 is 0 Å². The van der Waals surface area contributed by atoms with Crippen molar-refractivity contribution in [3.05, 3.63) is 121 Å². The van der Waals surface area contributed by atoms with E-state index in [-0.39, 0.29) is 0 Å². The average molecular weight is 405 g/mol. The van der Waals surface area contributed by atoms with Gasteiger partial charge in [-0.05, 0) is 27.2 Å². The molecule has 4 aromatic rings. The molecule has 0 nitrogen and oxygen atoms in total. The smallest absolute Gasteiger partial charge is 0.0763 e. The van der Waals surface area contributed by atoms with Gasteiger partial charge in [-0.2, -0.15) is 0 Å². The summed E-state index contributed by atoms with van der Waals surface area (Å²) in [6.07, 6.45) is 1.02. The summed E-state index contributed by atoms with van der Waals surface area (Å²) in [6.45, 7) is 0. The van der Waals surface area contributed by atoms with Crippen molar-refractivity contribution in [3.8, 4) is 0 Å². The van der Waals surface area contributed by atoms with Crippen LogP contribution in [0.4, 0.5) is 0 Å². The quantitative estimate of drug-likeness (QED) is 0.434. The second kappa shape index (κ2) is 10.0. The second-order valence-electron chi connectivity index (χ2n) is 6.94. The predicted molar refractivity (Wildman–Crippen MR) is 133 cm³/mol. The van der Waals surface area contributed by atoms with E-state index in [1.807, 2.05) is 0 Å². The Kier molecular flexibility index (Phi) is 6.69. The molecule has 0 aliphatic rings. The summed E-state index contributed by atoms with van der Waals surface area (Å²) in [5.74, 6) is 0. The molecule has 0 N–H and O–H groups in total. The molecule has 0 heterocycles. The predicted octanol–water partition coefficient (Wildman–Crippen LogP) is 2.76. The molecule has 4 aromatic carbocycles. The van der Waals surface area contributed by atoms with Crippen LogP contribution in [-0.4, -0.2) is 28.2 Å². The highest BCUT2D eigenvalue weighted by Crippen LogP contribution is 1.91. The van der Waals surface area contributed by atoms with Gasteiger partial charge < -0.3 is 0 Å². The lowest BCUT2D eigenvalue weighted by molar-refractivity contribution is 1.73. The third-order valence-electron chi connectivity index (χ3n) is 4.98. The van der Waals surface area contributed by atoms with E-state index < -0.39 is 16.8 Å². The van der Waals surface area contributed by atoms with Gasteiger partial charge in [0.05, 0.1) is 16.8 Å². The van der Waals surface area contributed by atoms with Gasteiger partial charge in [-0.3, -0.25) is 0 Å². The van der Waals surface area contributed by atoms with E-state index in [9.17, 15) is 0 Å². The molecule has 0 bridgehead atoms. The Balaban J connectivity index is 1.72. The summed E-state index contributed by atoms with van der Waals surface area (Å²) in [5, 5.41) is 5.80. The van der Waals surface area contributed by atoms with Crippen LogP contribution in [0.25, 0.3) is 0 Å². The monoisotopic (exact) mass is 404 g/mol. The summed E-state index contributed by atoms with van der Waals surface area (Å²) >= 11 is 0. The molecular weight excluding hydrogens is 380 g/mol. The lowest BCUT2D eigenvalue weighted by Crippen LogP contribution is -2.38. The fourth-order valence-corrected chi connectivity index (χ4v) is 8.33. The first-order valence-electron chi connectivity index (χ1n) is 10.0. The topological polar surface area (TPSA) is 0 Å². The molecule has 0 amide bonds. The molecule has 0 radical (unpaired) electrons. The van der Waals surface area contributed by atoms with Gasteiger partial charge in [0.15, 0.2) is 0 Å². The van der Waals surface area contributed by atoms with Crippen LogP contribution in [0.1, 0.15) is 6.42 Å². The zero-order valence-electron chi connectivity index (χ0n) is 16.4. The lowest BCUT2D eigenvalue weighted by Gasteiger charge is -2.09. The van der Waals surface area contributed by atoms with Crippen molar-refractivity contribution < 1.29 is 0 Å². The summed E-state index contributed by atoms with van der Waals surface area (Å²) < 4.78 is 0. The molecule has 4 rings (SSSR count). The molecular formula is C27H24Si2. The summed E-state index contributed by atoms with van der Waals surface area (Å²) in [4.78, 5) is 0. The Hall–Kier alpha value is -2.95. The maximum atomic E-state index is 2.56. The minimum Gasteiger partial charge on any atom is -0.0919 e. The molecule has 0 aliphatic heterocycles. The third-order valence-corrected chi connectivity index (χ3v) is 10.1. The molecule has 0 atom stereocenters. The van der Waals surface area contributed by atoms with Gasteiger partial charge in [0.25, 0.3) is 0 Å². The Morgan fingerprint density at radius 1 is 0.379 bits per heavy atom. The van der Waals surface area contributed by atoms with Gasteiger partial charge in [0.1, 0.15) is 0 Å². The van der Waals surface area contributed by atoms with Crippen LogP contribution in [0.3, 0.4) is 0 Å². The van der Waals surface area contributed by atoms with E-state index in [2.05, 4.69) is 133 Å². The largest absolute Gasteiger partial charge is 0.0919 e. The van der Waals surface area contributed by atoms with E-state index in [0.29, 0.717) is 0 Å². The molecule has 0 aliphatic carbocycles. The van der Waals surface area contributed by atoms with Crippen molar-refractivity contribution in [3.63, 3.8) is 0 Å². The normalized spacial score (nSPS) is 10.2.